The molecule has 0 bridgehead atoms. The summed E-state index contributed by atoms with van der Waals surface area (Å²) in [4.78, 5) is 14.1. The molecule has 0 spiro atoms. The largest absolute Gasteiger partial charge is 0.377 e. The Morgan fingerprint density at radius 2 is 2.44 bits per heavy atom. The molecule has 3 N–H and O–H groups in total. The van der Waals surface area contributed by atoms with E-state index in [0.29, 0.717) is 31.3 Å². The molecular weight excluding hydrogens is 234 g/mol. The third-order valence-electron chi connectivity index (χ3n) is 2.99. The van der Waals surface area contributed by atoms with Crippen LogP contribution in [0.5, 0.6) is 0 Å². The van der Waals surface area contributed by atoms with Crippen LogP contribution in [-0.2, 0) is 4.74 Å². The molecule has 18 heavy (non-hydrogen) atoms. The number of hydrogen-bond donors (Lipinski definition) is 2. The van der Waals surface area contributed by atoms with E-state index in [4.69, 9.17) is 10.6 Å². The molecule has 0 aliphatic carbocycles. The fourth-order valence-electron chi connectivity index (χ4n) is 1.93. The number of nitrogens with one attached hydrogen (secondary N) is 1. The van der Waals surface area contributed by atoms with Crippen molar-refractivity contribution in [2.45, 2.75) is 19.4 Å². The fraction of sp³-hybridized carbons (Fsp3) is 0.545. The van der Waals surface area contributed by atoms with Crippen LogP contribution in [0.15, 0.2) is 12.1 Å². The van der Waals surface area contributed by atoms with Crippen LogP contribution in [0, 0.1) is 0 Å². The summed E-state index contributed by atoms with van der Waals surface area (Å²) in [5.41, 5.74) is 2.70. The Kier molecular flexibility index (Phi) is 4.06. The molecule has 1 fully saturated rings. The molecule has 2 heterocycles. The summed E-state index contributed by atoms with van der Waals surface area (Å²) in [6.45, 7) is 3.78. The molecule has 1 aromatic rings. The lowest BCUT2D eigenvalue weighted by molar-refractivity contribution is -0.00316. The smallest absolute Gasteiger partial charge is 0.274 e. The molecule has 7 heteroatoms. The maximum atomic E-state index is 12.3. The summed E-state index contributed by atoms with van der Waals surface area (Å²) < 4.78 is 5.37. The van der Waals surface area contributed by atoms with Gasteiger partial charge in [-0.3, -0.25) is 4.79 Å². The molecule has 1 atom stereocenters. The first-order chi connectivity index (χ1) is 8.76. The zero-order valence-corrected chi connectivity index (χ0v) is 10.3. The second kappa shape index (κ2) is 5.74. The number of hydrazine groups is 1. The van der Waals surface area contributed by atoms with E-state index < -0.39 is 0 Å². The Bertz CT molecular complexity index is 408. The van der Waals surface area contributed by atoms with Gasteiger partial charge >= 0.3 is 0 Å². The number of hydrogen-bond acceptors (Lipinski definition) is 6. The molecule has 1 unspecified atom stereocenters. The predicted molar refractivity (Wildman–Crippen MR) is 65.8 cm³/mol. The number of carbonyl (C=O) groups excluding carboxylic acids is 1. The molecule has 1 saturated heterocycles. The van der Waals surface area contributed by atoms with E-state index in [-0.39, 0.29) is 11.9 Å². The van der Waals surface area contributed by atoms with E-state index in [1.165, 1.54) is 0 Å². The van der Waals surface area contributed by atoms with Gasteiger partial charge in [0.2, 0.25) is 0 Å². The summed E-state index contributed by atoms with van der Waals surface area (Å²) in [7, 11) is 0. The Morgan fingerprint density at radius 1 is 1.61 bits per heavy atom. The Hall–Kier alpha value is -1.73. The number of aromatic nitrogens is 2. The quantitative estimate of drug-likeness (QED) is 0.581. The van der Waals surface area contributed by atoms with E-state index in [2.05, 4.69) is 15.6 Å². The predicted octanol–water partition coefficient (Wildman–Crippen LogP) is 0.0132. The summed E-state index contributed by atoms with van der Waals surface area (Å²) in [5.74, 6) is 5.52. The summed E-state index contributed by atoms with van der Waals surface area (Å²) >= 11 is 0. The number of nitrogens with two attached hydrogens (primary N) is 1. The third-order valence-corrected chi connectivity index (χ3v) is 2.99. The van der Waals surface area contributed by atoms with Crippen molar-refractivity contribution in [2.75, 3.05) is 25.2 Å². The first kappa shape index (κ1) is 12.7. The number of carbonyl (C=O) groups is 1. The maximum Gasteiger partial charge on any atom is 0.274 e. The number of amides is 1. The van der Waals surface area contributed by atoms with E-state index in [9.17, 15) is 4.79 Å². The van der Waals surface area contributed by atoms with Gasteiger partial charge in [0.15, 0.2) is 11.5 Å². The minimum absolute atomic E-state index is 0.110. The van der Waals surface area contributed by atoms with Crippen molar-refractivity contribution >= 4 is 11.7 Å². The monoisotopic (exact) mass is 251 g/mol. The number of rotatable bonds is 3. The van der Waals surface area contributed by atoms with Crippen LogP contribution in [0.4, 0.5) is 5.82 Å². The molecule has 98 valence electrons. The number of morpholine rings is 1. The van der Waals surface area contributed by atoms with Gasteiger partial charge in [0.25, 0.3) is 5.91 Å². The highest BCUT2D eigenvalue weighted by Crippen LogP contribution is 2.13. The molecular formula is C11H17N5O2. The molecule has 2 rings (SSSR count). The molecule has 1 aromatic heterocycles. The molecule has 1 aliphatic rings. The number of ether oxygens (including phenoxy) is 1. The standard InChI is InChI=1S/C11H17N5O2/c1-2-8-7-18-6-5-16(8)11(17)9-3-4-10(13-12)15-14-9/h3-4,8H,2,5-7,12H2,1H3,(H,13,15). The zero-order chi connectivity index (χ0) is 13.0. The van der Waals surface area contributed by atoms with E-state index in [0.717, 1.165) is 6.42 Å². The van der Waals surface area contributed by atoms with Crippen LogP contribution in [-0.4, -0.2) is 46.8 Å². The molecule has 0 radical (unpaired) electrons. The number of nitrogens with zero attached hydrogens (tertiary/aromatic N) is 3. The van der Waals surface area contributed by atoms with E-state index >= 15 is 0 Å². The average Bonchev–Trinajstić information content (AvgIpc) is 2.46. The highest BCUT2D eigenvalue weighted by molar-refractivity contribution is 5.92. The SMILES string of the molecule is CCC1COCCN1C(=O)c1ccc(NN)nn1. The molecule has 7 nitrogen and oxygen atoms in total. The lowest BCUT2D eigenvalue weighted by Crippen LogP contribution is -2.48. The van der Waals surface area contributed by atoms with Gasteiger partial charge in [0, 0.05) is 6.54 Å². The summed E-state index contributed by atoms with van der Waals surface area (Å²) in [5, 5.41) is 7.67. The van der Waals surface area contributed by atoms with Crippen molar-refractivity contribution in [3.63, 3.8) is 0 Å². The number of anilines is 1. The molecule has 0 aromatic carbocycles. The minimum atomic E-state index is -0.110. The van der Waals surface area contributed by atoms with Gasteiger partial charge < -0.3 is 15.1 Å². The van der Waals surface area contributed by atoms with Gasteiger partial charge in [0.05, 0.1) is 19.3 Å². The Balaban J connectivity index is 2.13. The van der Waals surface area contributed by atoms with Gasteiger partial charge in [-0.2, -0.15) is 0 Å². The lowest BCUT2D eigenvalue weighted by atomic mass is 10.1. The normalized spacial score (nSPS) is 19.7. The second-order valence-corrected chi connectivity index (χ2v) is 4.08. The molecule has 1 aliphatic heterocycles. The van der Waals surface area contributed by atoms with E-state index in [1.54, 1.807) is 17.0 Å². The van der Waals surface area contributed by atoms with Crippen LogP contribution in [0.25, 0.3) is 0 Å². The minimum Gasteiger partial charge on any atom is -0.377 e. The Morgan fingerprint density at radius 3 is 3.06 bits per heavy atom. The van der Waals surface area contributed by atoms with Crippen LogP contribution >= 0.6 is 0 Å². The van der Waals surface area contributed by atoms with Crippen molar-refractivity contribution in [1.29, 1.82) is 0 Å². The molecule has 0 saturated carbocycles. The van der Waals surface area contributed by atoms with Crippen molar-refractivity contribution in [1.82, 2.24) is 15.1 Å². The first-order valence-electron chi connectivity index (χ1n) is 5.95. The van der Waals surface area contributed by atoms with Crippen molar-refractivity contribution in [3.05, 3.63) is 17.8 Å². The van der Waals surface area contributed by atoms with Crippen molar-refractivity contribution in [2.24, 2.45) is 5.84 Å². The van der Waals surface area contributed by atoms with Crippen LogP contribution in [0.2, 0.25) is 0 Å². The highest BCUT2D eigenvalue weighted by atomic mass is 16.5. The van der Waals surface area contributed by atoms with Gasteiger partial charge in [0.1, 0.15) is 0 Å². The second-order valence-electron chi connectivity index (χ2n) is 4.08. The third kappa shape index (κ3) is 2.57. The lowest BCUT2D eigenvalue weighted by Gasteiger charge is -2.34. The van der Waals surface area contributed by atoms with Crippen LogP contribution in [0.3, 0.4) is 0 Å². The summed E-state index contributed by atoms with van der Waals surface area (Å²) in [6.07, 6.45) is 0.863. The first-order valence-corrected chi connectivity index (χ1v) is 5.95. The summed E-state index contributed by atoms with van der Waals surface area (Å²) in [6, 6.07) is 3.36. The Labute approximate surface area is 105 Å². The van der Waals surface area contributed by atoms with Crippen molar-refractivity contribution < 1.29 is 9.53 Å². The van der Waals surface area contributed by atoms with Gasteiger partial charge in [-0.15, -0.1) is 10.2 Å². The zero-order valence-electron chi connectivity index (χ0n) is 10.3. The van der Waals surface area contributed by atoms with Crippen molar-refractivity contribution in [3.8, 4) is 0 Å². The van der Waals surface area contributed by atoms with Crippen LogP contribution in [0.1, 0.15) is 23.8 Å². The fourth-order valence-corrected chi connectivity index (χ4v) is 1.93. The van der Waals surface area contributed by atoms with E-state index in [1.807, 2.05) is 6.92 Å². The van der Waals surface area contributed by atoms with Crippen LogP contribution < -0.4 is 11.3 Å². The topological polar surface area (TPSA) is 93.4 Å². The molecule has 1 amide bonds. The highest BCUT2D eigenvalue weighted by Gasteiger charge is 2.27. The average molecular weight is 251 g/mol. The maximum absolute atomic E-state index is 12.3. The van der Waals surface area contributed by atoms with Gasteiger partial charge in [-0.25, -0.2) is 5.84 Å². The number of nitrogen functional groups attached to an aromatic ring is 1. The van der Waals surface area contributed by atoms with Gasteiger partial charge in [-0.1, -0.05) is 6.92 Å². The van der Waals surface area contributed by atoms with Gasteiger partial charge in [-0.05, 0) is 18.6 Å².